The van der Waals surface area contributed by atoms with Gasteiger partial charge >= 0.3 is 0 Å². The van der Waals surface area contributed by atoms with E-state index < -0.39 is 6.04 Å². The lowest BCUT2D eigenvalue weighted by molar-refractivity contribution is -0.138. The van der Waals surface area contributed by atoms with Crippen LogP contribution in [0.2, 0.25) is 0 Å². The van der Waals surface area contributed by atoms with Gasteiger partial charge in [-0.15, -0.1) is 11.8 Å². The average Bonchev–Trinajstić information content (AvgIpc) is 2.71. The van der Waals surface area contributed by atoms with Crippen molar-refractivity contribution in [2.24, 2.45) is 0 Å². The van der Waals surface area contributed by atoms with Crippen molar-refractivity contribution in [2.75, 3.05) is 12.9 Å². The number of methoxy groups -OCH3 is 1. The van der Waals surface area contributed by atoms with Crippen LogP contribution < -0.4 is 10.1 Å². The van der Waals surface area contributed by atoms with Crippen LogP contribution in [0.1, 0.15) is 31.9 Å². The molecule has 2 aromatic carbocycles. The molecule has 0 bridgehead atoms. The summed E-state index contributed by atoms with van der Waals surface area (Å²) >= 11 is 1.56. The number of ether oxygens (including phenoxy) is 1. The molecule has 0 fully saturated rings. The number of nitrogens with one attached hydrogen (secondary N) is 1. The molecule has 0 aliphatic heterocycles. The van der Waals surface area contributed by atoms with Crippen molar-refractivity contribution in [1.29, 1.82) is 0 Å². The Hall–Kier alpha value is -2.47. The topological polar surface area (TPSA) is 58.6 Å². The van der Waals surface area contributed by atoms with Gasteiger partial charge in [0.2, 0.25) is 11.8 Å². The van der Waals surface area contributed by atoms with E-state index in [-0.39, 0.29) is 17.9 Å². The molecule has 1 N–H and O–H groups in total. The minimum absolute atomic E-state index is 0.0196. The van der Waals surface area contributed by atoms with E-state index in [4.69, 9.17) is 4.74 Å². The predicted octanol–water partition coefficient (Wildman–Crippen LogP) is 3.87. The summed E-state index contributed by atoms with van der Waals surface area (Å²) in [4.78, 5) is 27.2. The molecule has 0 aliphatic rings. The third-order valence-corrected chi connectivity index (χ3v) is 5.41. The summed E-state index contributed by atoms with van der Waals surface area (Å²) in [5.41, 5.74) is 2.10. The zero-order valence-corrected chi connectivity index (χ0v) is 18.4. The molecule has 2 amide bonds. The van der Waals surface area contributed by atoms with E-state index in [1.54, 1.807) is 30.7 Å². The van der Waals surface area contributed by atoms with Crippen LogP contribution in [0.4, 0.5) is 0 Å². The first-order chi connectivity index (χ1) is 13.9. The van der Waals surface area contributed by atoms with Crippen LogP contribution in [0.15, 0.2) is 54.6 Å². The highest BCUT2D eigenvalue weighted by atomic mass is 32.2. The molecule has 0 unspecified atom stereocenters. The molecule has 2 rings (SSSR count). The van der Waals surface area contributed by atoms with Crippen LogP contribution in [0.25, 0.3) is 0 Å². The average molecular weight is 415 g/mol. The van der Waals surface area contributed by atoms with Gasteiger partial charge in [0.15, 0.2) is 0 Å². The van der Waals surface area contributed by atoms with E-state index in [0.29, 0.717) is 12.3 Å². The number of nitrogens with zero attached hydrogens (tertiary/aromatic N) is 1. The van der Waals surface area contributed by atoms with E-state index in [9.17, 15) is 9.59 Å². The Morgan fingerprint density at radius 3 is 2.38 bits per heavy atom. The lowest BCUT2D eigenvalue weighted by atomic mass is 10.1. The molecular formula is C23H30N2O3S. The van der Waals surface area contributed by atoms with Crippen LogP contribution in [-0.2, 0) is 21.9 Å². The maximum Gasteiger partial charge on any atom is 0.242 e. The highest BCUT2D eigenvalue weighted by Gasteiger charge is 2.26. The molecule has 0 heterocycles. The van der Waals surface area contributed by atoms with Crippen molar-refractivity contribution >= 4 is 23.6 Å². The fourth-order valence-electron chi connectivity index (χ4n) is 2.87. The first-order valence-electron chi connectivity index (χ1n) is 9.75. The SMILES string of the molecule is COc1cccc(CN(C(=O)CSCc2ccccc2)[C@@H](C)C(=O)NC(C)C)c1. The van der Waals surface area contributed by atoms with E-state index in [0.717, 1.165) is 17.1 Å². The molecule has 2 aromatic rings. The largest absolute Gasteiger partial charge is 0.497 e. The summed E-state index contributed by atoms with van der Waals surface area (Å²) in [6, 6.07) is 17.1. The molecule has 0 spiro atoms. The Morgan fingerprint density at radius 2 is 1.72 bits per heavy atom. The molecule has 5 nitrogen and oxygen atoms in total. The first-order valence-corrected chi connectivity index (χ1v) is 10.9. The molecule has 156 valence electrons. The summed E-state index contributed by atoms with van der Waals surface area (Å²) in [6.45, 7) is 5.95. The van der Waals surface area contributed by atoms with Crippen molar-refractivity contribution in [1.82, 2.24) is 10.2 Å². The van der Waals surface area contributed by atoms with Crippen molar-refractivity contribution in [2.45, 2.75) is 45.2 Å². The molecule has 0 aliphatic carbocycles. The van der Waals surface area contributed by atoms with Gasteiger partial charge in [0, 0.05) is 18.3 Å². The third kappa shape index (κ3) is 7.46. The van der Waals surface area contributed by atoms with Gasteiger partial charge in [-0.2, -0.15) is 0 Å². The van der Waals surface area contributed by atoms with Crippen LogP contribution in [0.5, 0.6) is 5.75 Å². The smallest absolute Gasteiger partial charge is 0.242 e. The summed E-state index contributed by atoms with van der Waals surface area (Å²) in [7, 11) is 1.61. The summed E-state index contributed by atoms with van der Waals surface area (Å²) in [6.07, 6.45) is 0. The van der Waals surface area contributed by atoms with Crippen LogP contribution in [0.3, 0.4) is 0 Å². The fourth-order valence-corrected chi connectivity index (χ4v) is 3.74. The highest BCUT2D eigenvalue weighted by Crippen LogP contribution is 2.18. The van der Waals surface area contributed by atoms with Crippen LogP contribution in [0, 0.1) is 0 Å². The number of carbonyl (C=O) groups is 2. The Bertz CT molecular complexity index is 796. The van der Waals surface area contributed by atoms with E-state index >= 15 is 0 Å². The molecule has 6 heteroatoms. The molecule has 0 saturated carbocycles. The predicted molar refractivity (Wildman–Crippen MR) is 119 cm³/mol. The number of benzene rings is 2. The van der Waals surface area contributed by atoms with Gasteiger partial charge in [0.25, 0.3) is 0 Å². The highest BCUT2D eigenvalue weighted by molar-refractivity contribution is 7.99. The maximum atomic E-state index is 13.0. The quantitative estimate of drug-likeness (QED) is 0.641. The number of amides is 2. The fraction of sp³-hybridized carbons (Fsp3) is 0.391. The van der Waals surface area contributed by atoms with Gasteiger partial charge in [-0.25, -0.2) is 0 Å². The van der Waals surface area contributed by atoms with Crippen molar-refractivity contribution in [3.63, 3.8) is 0 Å². The van der Waals surface area contributed by atoms with Crippen molar-refractivity contribution in [3.05, 3.63) is 65.7 Å². The standard InChI is InChI=1S/C23H30N2O3S/c1-17(2)24-23(27)18(3)25(14-20-11-8-12-21(13-20)28-4)22(26)16-29-15-19-9-6-5-7-10-19/h5-13,17-18H,14-16H2,1-4H3,(H,24,27)/t18-/m0/s1. The van der Waals surface area contributed by atoms with Crippen LogP contribution in [-0.4, -0.2) is 41.7 Å². The molecule has 29 heavy (non-hydrogen) atoms. The van der Waals surface area contributed by atoms with Gasteiger partial charge in [0.1, 0.15) is 11.8 Å². The third-order valence-electron chi connectivity index (χ3n) is 4.42. The Balaban J connectivity index is 2.09. The van der Waals surface area contributed by atoms with Crippen molar-refractivity contribution in [3.8, 4) is 5.75 Å². The number of thioether (sulfide) groups is 1. The van der Waals surface area contributed by atoms with Gasteiger partial charge < -0.3 is 15.0 Å². The monoisotopic (exact) mass is 414 g/mol. The minimum Gasteiger partial charge on any atom is -0.497 e. The van der Waals surface area contributed by atoms with Gasteiger partial charge in [-0.1, -0.05) is 42.5 Å². The van der Waals surface area contributed by atoms with Gasteiger partial charge in [-0.3, -0.25) is 9.59 Å². The Labute approximate surface area is 177 Å². The molecule has 1 atom stereocenters. The van der Waals surface area contributed by atoms with Crippen LogP contribution >= 0.6 is 11.8 Å². The second-order valence-electron chi connectivity index (χ2n) is 7.19. The van der Waals surface area contributed by atoms with E-state index in [1.165, 1.54) is 5.56 Å². The molecule has 0 aromatic heterocycles. The summed E-state index contributed by atoms with van der Waals surface area (Å²) in [5, 5.41) is 2.90. The molecule has 0 saturated heterocycles. The van der Waals surface area contributed by atoms with Gasteiger partial charge in [-0.05, 0) is 44.0 Å². The van der Waals surface area contributed by atoms with E-state index in [2.05, 4.69) is 5.32 Å². The summed E-state index contributed by atoms with van der Waals surface area (Å²) < 4.78 is 5.28. The van der Waals surface area contributed by atoms with E-state index in [1.807, 2.05) is 68.4 Å². The lowest BCUT2D eigenvalue weighted by Crippen LogP contribution is -2.49. The second kappa shape index (κ2) is 11.5. The number of hydrogen-bond donors (Lipinski definition) is 1. The Morgan fingerprint density at radius 1 is 1.03 bits per heavy atom. The maximum absolute atomic E-state index is 13.0. The molecular weight excluding hydrogens is 384 g/mol. The number of carbonyl (C=O) groups excluding carboxylic acids is 2. The lowest BCUT2D eigenvalue weighted by Gasteiger charge is -2.29. The second-order valence-corrected chi connectivity index (χ2v) is 8.18. The van der Waals surface area contributed by atoms with Crippen molar-refractivity contribution < 1.29 is 14.3 Å². The molecule has 0 radical (unpaired) electrons. The minimum atomic E-state index is -0.562. The zero-order valence-electron chi connectivity index (χ0n) is 17.6. The number of rotatable bonds is 10. The van der Waals surface area contributed by atoms with Gasteiger partial charge in [0.05, 0.1) is 12.9 Å². The Kier molecular flexibility index (Phi) is 9.06. The first kappa shape index (κ1) is 22.8. The zero-order chi connectivity index (χ0) is 21.2. The normalized spacial score (nSPS) is 11.8. The summed E-state index contributed by atoms with van der Waals surface area (Å²) in [5.74, 6) is 1.60. The number of hydrogen-bond acceptors (Lipinski definition) is 4.